The first-order valence-corrected chi connectivity index (χ1v) is 5.91. The van der Waals surface area contributed by atoms with Gasteiger partial charge in [0, 0.05) is 24.7 Å². The minimum atomic E-state index is -0.0621. The van der Waals surface area contributed by atoms with Crippen molar-refractivity contribution >= 4 is 17.5 Å². The number of halogens is 1. The second-order valence-corrected chi connectivity index (χ2v) is 3.94. The monoisotopic (exact) mass is 256 g/mol. The number of carbonyl (C=O) groups excluding carboxylic acids is 1. The molecule has 0 fully saturated rings. The molecule has 5 heteroatoms. The van der Waals surface area contributed by atoms with Crippen LogP contribution in [0.3, 0.4) is 0 Å². The molecule has 4 nitrogen and oxygen atoms in total. The van der Waals surface area contributed by atoms with Gasteiger partial charge in [-0.25, -0.2) is 0 Å². The molecular formula is C12H17ClN2O2. The average Bonchev–Trinajstić information content (AvgIpc) is 2.35. The first-order chi connectivity index (χ1) is 8.17. The van der Waals surface area contributed by atoms with E-state index in [0.29, 0.717) is 30.4 Å². The maximum atomic E-state index is 11.7. The number of benzene rings is 1. The molecule has 1 amide bonds. The standard InChI is InChI=1S/C12H17ClN2O2/c1-2-15(8-7-14)12(16)9-17-11-5-3-10(13)4-6-11/h3-6H,2,7-9,14H2,1H3. The van der Waals surface area contributed by atoms with Crippen LogP contribution in [0.5, 0.6) is 5.75 Å². The zero-order valence-electron chi connectivity index (χ0n) is 9.86. The van der Waals surface area contributed by atoms with E-state index in [1.807, 2.05) is 6.92 Å². The minimum absolute atomic E-state index is 0.0233. The van der Waals surface area contributed by atoms with Gasteiger partial charge < -0.3 is 15.4 Å². The lowest BCUT2D eigenvalue weighted by Gasteiger charge is -2.19. The predicted octanol–water partition coefficient (Wildman–Crippen LogP) is 1.53. The molecule has 0 aliphatic rings. The first kappa shape index (κ1) is 13.8. The molecule has 1 aromatic carbocycles. The van der Waals surface area contributed by atoms with Crippen molar-refractivity contribution in [1.82, 2.24) is 4.90 Å². The lowest BCUT2D eigenvalue weighted by atomic mass is 10.3. The highest BCUT2D eigenvalue weighted by Crippen LogP contribution is 2.15. The average molecular weight is 257 g/mol. The fourth-order valence-corrected chi connectivity index (χ4v) is 1.51. The zero-order valence-corrected chi connectivity index (χ0v) is 10.6. The largest absolute Gasteiger partial charge is 0.484 e. The summed E-state index contributed by atoms with van der Waals surface area (Å²) in [5.74, 6) is 0.569. The van der Waals surface area contributed by atoms with Gasteiger partial charge in [-0.3, -0.25) is 4.79 Å². The molecule has 17 heavy (non-hydrogen) atoms. The highest BCUT2D eigenvalue weighted by Gasteiger charge is 2.10. The fourth-order valence-electron chi connectivity index (χ4n) is 1.38. The summed E-state index contributed by atoms with van der Waals surface area (Å²) >= 11 is 5.74. The first-order valence-electron chi connectivity index (χ1n) is 5.53. The van der Waals surface area contributed by atoms with Crippen molar-refractivity contribution in [3.05, 3.63) is 29.3 Å². The second-order valence-electron chi connectivity index (χ2n) is 3.50. The second kappa shape index (κ2) is 7.14. The van der Waals surface area contributed by atoms with Crippen LogP contribution in [0, 0.1) is 0 Å². The number of nitrogens with zero attached hydrogens (tertiary/aromatic N) is 1. The van der Waals surface area contributed by atoms with Crippen LogP contribution in [-0.2, 0) is 4.79 Å². The van der Waals surface area contributed by atoms with Gasteiger partial charge in [0.2, 0.25) is 0 Å². The highest BCUT2D eigenvalue weighted by atomic mass is 35.5. The van der Waals surface area contributed by atoms with Gasteiger partial charge in [-0.2, -0.15) is 0 Å². The molecule has 0 spiro atoms. The summed E-state index contributed by atoms with van der Waals surface area (Å²) in [5.41, 5.74) is 5.42. The summed E-state index contributed by atoms with van der Waals surface area (Å²) in [6.45, 7) is 3.59. The molecule has 0 radical (unpaired) electrons. The Hall–Kier alpha value is -1.26. The van der Waals surface area contributed by atoms with Gasteiger partial charge >= 0.3 is 0 Å². The molecule has 1 rings (SSSR count). The molecule has 0 aliphatic heterocycles. The van der Waals surface area contributed by atoms with E-state index in [2.05, 4.69) is 0 Å². The Balaban J connectivity index is 2.44. The molecule has 0 aromatic heterocycles. The van der Waals surface area contributed by atoms with Gasteiger partial charge in [0.1, 0.15) is 5.75 Å². The van der Waals surface area contributed by atoms with E-state index in [9.17, 15) is 4.79 Å². The van der Waals surface area contributed by atoms with E-state index >= 15 is 0 Å². The van der Waals surface area contributed by atoms with Crippen LogP contribution in [0.4, 0.5) is 0 Å². The van der Waals surface area contributed by atoms with Crippen LogP contribution < -0.4 is 10.5 Å². The van der Waals surface area contributed by atoms with Gasteiger partial charge in [0.15, 0.2) is 6.61 Å². The van der Waals surface area contributed by atoms with Crippen LogP contribution in [0.1, 0.15) is 6.92 Å². The number of rotatable bonds is 6. The van der Waals surface area contributed by atoms with Crippen LogP contribution in [0.25, 0.3) is 0 Å². The lowest BCUT2D eigenvalue weighted by Crippen LogP contribution is -2.38. The summed E-state index contributed by atoms with van der Waals surface area (Å²) in [7, 11) is 0. The van der Waals surface area contributed by atoms with E-state index in [4.69, 9.17) is 22.1 Å². The smallest absolute Gasteiger partial charge is 0.260 e. The molecule has 0 saturated heterocycles. The van der Waals surface area contributed by atoms with Crippen LogP contribution in [-0.4, -0.2) is 37.0 Å². The Morgan fingerprint density at radius 3 is 2.59 bits per heavy atom. The number of likely N-dealkylation sites (N-methyl/N-ethyl adjacent to an activating group) is 1. The van der Waals surface area contributed by atoms with E-state index in [1.54, 1.807) is 29.2 Å². The third-order valence-corrected chi connectivity index (χ3v) is 2.56. The minimum Gasteiger partial charge on any atom is -0.484 e. The van der Waals surface area contributed by atoms with Crippen LogP contribution in [0.15, 0.2) is 24.3 Å². The van der Waals surface area contributed by atoms with Crippen molar-refractivity contribution in [2.75, 3.05) is 26.2 Å². The van der Waals surface area contributed by atoms with Crippen molar-refractivity contribution in [2.45, 2.75) is 6.92 Å². The molecule has 1 aromatic rings. The Labute approximate surface area is 106 Å². The Kier molecular flexibility index (Phi) is 5.80. The quantitative estimate of drug-likeness (QED) is 0.840. The summed E-state index contributed by atoms with van der Waals surface area (Å²) in [6, 6.07) is 6.90. The number of carbonyl (C=O) groups is 1. The molecule has 2 N–H and O–H groups in total. The number of ether oxygens (including phenoxy) is 1. The highest BCUT2D eigenvalue weighted by molar-refractivity contribution is 6.30. The topological polar surface area (TPSA) is 55.6 Å². The zero-order chi connectivity index (χ0) is 12.7. The van der Waals surface area contributed by atoms with E-state index in [-0.39, 0.29) is 12.5 Å². The Morgan fingerprint density at radius 1 is 1.41 bits per heavy atom. The van der Waals surface area contributed by atoms with E-state index in [0.717, 1.165) is 0 Å². The third-order valence-electron chi connectivity index (χ3n) is 2.31. The predicted molar refractivity (Wildman–Crippen MR) is 68.3 cm³/mol. The molecule has 0 atom stereocenters. The Bertz CT molecular complexity index is 354. The number of nitrogens with two attached hydrogens (primary N) is 1. The molecule has 0 heterocycles. The van der Waals surface area contributed by atoms with E-state index in [1.165, 1.54) is 0 Å². The molecule has 0 unspecified atom stereocenters. The number of hydrogen-bond acceptors (Lipinski definition) is 3. The van der Waals surface area contributed by atoms with Crippen LogP contribution in [0.2, 0.25) is 5.02 Å². The number of hydrogen-bond donors (Lipinski definition) is 1. The van der Waals surface area contributed by atoms with Gasteiger partial charge in [0.05, 0.1) is 0 Å². The normalized spacial score (nSPS) is 10.1. The SMILES string of the molecule is CCN(CCN)C(=O)COc1ccc(Cl)cc1. The summed E-state index contributed by atoms with van der Waals surface area (Å²) in [4.78, 5) is 13.4. The Morgan fingerprint density at radius 2 is 2.06 bits per heavy atom. The van der Waals surface area contributed by atoms with Crippen molar-refractivity contribution in [1.29, 1.82) is 0 Å². The van der Waals surface area contributed by atoms with Crippen molar-refractivity contribution in [3.63, 3.8) is 0 Å². The third kappa shape index (κ3) is 4.63. The summed E-state index contributed by atoms with van der Waals surface area (Å²) in [6.07, 6.45) is 0. The van der Waals surface area contributed by atoms with Crippen molar-refractivity contribution < 1.29 is 9.53 Å². The number of amides is 1. The van der Waals surface area contributed by atoms with Gasteiger partial charge in [-0.15, -0.1) is 0 Å². The van der Waals surface area contributed by atoms with E-state index < -0.39 is 0 Å². The molecule has 0 saturated carbocycles. The van der Waals surface area contributed by atoms with Gasteiger partial charge in [-0.1, -0.05) is 11.6 Å². The van der Waals surface area contributed by atoms with Gasteiger partial charge in [-0.05, 0) is 31.2 Å². The van der Waals surface area contributed by atoms with Crippen LogP contribution >= 0.6 is 11.6 Å². The summed E-state index contributed by atoms with van der Waals surface area (Å²) < 4.78 is 5.36. The fraction of sp³-hybridized carbons (Fsp3) is 0.417. The molecule has 0 bridgehead atoms. The summed E-state index contributed by atoms with van der Waals surface area (Å²) in [5, 5.41) is 0.641. The maximum Gasteiger partial charge on any atom is 0.260 e. The van der Waals surface area contributed by atoms with Crippen molar-refractivity contribution in [2.24, 2.45) is 5.73 Å². The molecule has 0 aliphatic carbocycles. The maximum absolute atomic E-state index is 11.7. The lowest BCUT2D eigenvalue weighted by molar-refractivity contribution is -0.133. The molecular weight excluding hydrogens is 240 g/mol. The van der Waals surface area contributed by atoms with Gasteiger partial charge in [0.25, 0.3) is 5.91 Å². The van der Waals surface area contributed by atoms with Crippen molar-refractivity contribution in [3.8, 4) is 5.75 Å². The molecule has 94 valence electrons.